The highest BCUT2D eigenvalue weighted by atomic mass is 35.5. The summed E-state index contributed by atoms with van der Waals surface area (Å²) < 4.78 is 1.09. The lowest BCUT2D eigenvalue weighted by Gasteiger charge is -2.09. The molecule has 0 unspecified atom stereocenters. The van der Waals surface area contributed by atoms with Gasteiger partial charge in [-0.1, -0.05) is 35.9 Å². The van der Waals surface area contributed by atoms with Gasteiger partial charge >= 0.3 is 6.03 Å². The van der Waals surface area contributed by atoms with Crippen LogP contribution in [0.15, 0.2) is 90.6 Å². The normalized spacial score (nSPS) is 11.1. The Morgan fingerprint density at radius 2 is 1.72 bits per heavy atom. The molecular formula is C28H20ClN5OS. The summed E-state index contributed by atoms with van der Waals surface area (Å²) in [4.78, 5) is 20.1. The van der Waals surface area contributed by atoms with E-state index in [1.165, 1.54) is 0 Å². The Kier molecular flexibility index (Phi) is 5.56. The van der Waals surface area contributed by atoms with Crippen LogP contribution in [0.4, 0.5) is 22.0 Å². The molecular weight excluding hydrogens is 490 g/mol. The van der Waals surface area contributed by atoms with Crippen LogP contribution in [0.2, 0.25) is 5.02 Å². The maximum Gasteiger partial charge on any atom is 0.323 e. The van der Waals surface area contributed by atoms with Gasteiger partial charge < -0.3 is 21.4 Å². The standard InChI is InChI=1S/C28H20ClN5OS/c29-19-2-1-3-21(13-19)34-28(35)33-20-7-4-16(5-8-20)23-15-36-26-22(14-32-27(30)25(23)26)17-6-9-24-18(12-17)10-11-31-24/h1-15,31H,(H2,30,32)(H2,33,34,35). The van der Waals surface area contributed by atoms with Gasteiger partial charge in [0.1, 0.15) is 5.82 Å². The predicted molar refractivity (Wildman–Crippen MR) is 151 cm³/mol. The van der Waals surface area contributed by atoms with E-state index in [2.05, 4.69) is 50.2 Å². The Bertz CT molecular complexity index is 1740. The number of aromatic nitrogens is 2. The van der Waals surface area contributed by atoms with Crippen LogP contribution in [0.25, 0.3) is 43.2 Å². The predicted octanol–water partition coefficient (Wildman–Crippen LogP) is 7.99. The number of H-pyrrole nitrogens is 1. The number of nitrogens with one attached hydrogen (secondary N) is 3. The number of nitrogens with zero attached hydrogens (tertiary/aromatic N) is 1. The Labute approximate surface area is 215 Å². The Hall–Kier alpha value is -4.33. The minimum absolute atomic E-state index is 0.344. The molecule has 0 saturated carbocycles. The minimum atomic E-state index is -0.344. The number of anilines is 3. The summed E-state index contributed by atoms with van der Waals surface area (Å²) in [5.41, 5.74) is 12.9. The number of carbonyl (C=O) groups is 1. The number of thiophene rings is 1. The van der Waals surface area contributed by atoms with Crippen molar-refractivity contribution in [1.29, 1.82) is 0 Å². The van der Waals surface area contributed by atoms with Gasteiger partial charge in [0.25, 0.3) is 0 Å². The Morgan fingerprint density at radius 3 is 2.56 bits per heavy atom. The van der Waals surface area contributed by atoms with Gasteiger partial charge in [-0.2, -0.15) is 0 Å². The average Bonchev–Trinajstić information content (AvgIpc) is 3.52. The van der Waals surface area contributed by atoms with E-state index < -0.39 is 0 Å². The number of urea groups is 1. The van der Waals surface area contributed by atoms with Crippen molar-refractivity contribution in [2.24, 2.45) is 0 Å². The maximum atomic E-state index is 12.4. The second-order valence-corrected chi connectivity index (χ2v) is 9.67. The summed E-state index contributed by atoms with van der Waals surface area (Å²) in [6, 6.07) is 22.7. The van der Waals surface area contributed by atoms with E-state index in [9.17, 15) is 4.79 Å². The first-order valence-corrected chi connectivity index (χ1v) is 12.5. The summed E-state index contributed by atoms with van der Waals surface area (Å²) >= 11 is 7.64. The molecule has 0 aliphatic rings. The number of hydrogen-bond donors (Lipinski definition) is 4. The summed E-state index contributed by atoms with van der Waals surface area (Å²) in [5.74, 6) is 0.496. The highest BCUT2D eigenvalue weighted by Crippen LogP contribution is 2.42. The van der Waals surface area contributed by atoms with Crippen LogP contribution < -0.4 is 16.4 Å². The van der Waals surface area contributed by atoms with E-state index in [1.54, 1.807) is 35.6 Å². The van der Waals surface area contributed by atoms with Crippen LogP contribution in [-0.4, -0.2) is 16.0 Å². The lowest BCUT2D eigenvalue weighted by atomic mass is 10.0. The third-order valence-electron chi connectivity index (χ3n) is 6.03. The van der Waals surface area contributed by atoms with Crippen LogP contribution in [0.5, 0.6) is 0 Å². The zero-order valence-corrected chi connectivity index (χ0v) is 20.5. The molecule has 0 radical (unpaired) electrons. The van der Waals surface area contributed by atoms with Gasteiger partial charge in [0, 0.05) is 55.5 Å². The van der Waals surface area contributed by atoms with E-state index in [0.29, 0.717) is 22.2 Å². The number of benzene rings is 3. The molecule has 0 spiro atoms. The molecule has 0 aliphatic carbocycles. The molecule has 0 saturated heterocycles. The summed E-state index contributed by atoms with van der Waals surface area (Å²) in [7, 11) is 0. The summed E-state index contributed by atoms with van der Waals surface area (Å²) in [6.45, 7) is 0. The van der Waals surface area contributed by atoms with Crippen LogP contribution >= 0.6 is 22.9 Å². The van der Waals surface area contributed by atoms with Gasteiger partial charge in [-0.15, -0.1) is 11.3 Å². The molecule has 6 aromatic rings. The largest absolute Gasteiger partial charge is 0.383 e. The fourth-order valence-electron chi connectivity index (χ4n) is 4.30. The highest BCUT2D eigenvalue weighted by Gasteiger charge is 2.16. The molecule has 3 heterocycles. The molecule has 0 bridgehead atoms. The van der Waals surface area contributed by atoms with E-state index in [1.807, 2.05) is 36.7 Å². The van der Waals surface area contributed by atoms with Gasteiger partial charge in [0.05, 0.1) is 0 Å². The smallest absolute Gasteiger partial charge is 0.323 e. The average molecular weight is 510 g/mol. The van der Waals surface area contributed by atoms with Crippen molar-refractivity contribution in [3.05, 3.63) is 95.6 Å². The number of amides is 2. The molecule has 3 aromatic carbocycles. The van der Waals surface area contributed by atoms with Crippen molar-refractivity contribution < 1.29 is 4.79 Å². The molecule has 0 aliphatic heterocycles. The van der Waals surface area contributed by atoms with Crippen molar-refractivity contribution in [3.63, 3.8) is 0 Å². The number of carbonyl (C=O) groups excluding carboxylic acids is 1. The number of halogens is 1. The van der Waals surface area contributed by atoms with Crippen LogP contribution in [-0.2, 0) is 0 Å². The maximum absolute atomic E-state index is 12.4. The van der Waals surface area contributed by atoms with E-state index in [0.717, 1.165) is 43.2 Å². The molecule has 2 amide bonds. The second kappa shape index (κ2) is 9.03. The lowest BCUT2D eigenvalue weighted by molar-refractivity contribution is 0.262. The number of rotatable bonds is 4. The zero-order chi connectivity index (χ0) is 24.6. The third kappa shape index (κ3) is 4.15. The first kappa shape index (κ1) is 22.2. The van der Waals surface area contributed by atoms with E-state index in [-0.39, 0.29) is 6.03 Å². The SMILES string of the molecule is Nc1ncc(-c2ccc3[nH]ccc3c2)c2scc(-c3ccc(NC(=O)Nc4cccc(Cl)c4)cc3)c12. The van der Waals surface area contributed by atoms with E-state index >= 15 is 0 Å². The van der Waals surface area contributed by atoms with Gasteiger partial charge in [0.15, 0.2) is 0 Å². The fraction of sp³-hybridized carbons (Fsp3) is 0. The van der Waals surface area contributed by atoms with Crippen LogP contribution in [0.1, 0.15) is 0 Å². The number of aromatic amines is 1. The van der Waals surface area contributed by atoms with Crippen molar-refractivity contribution in [1.82, 2.24) is 9.97 Å². The minimum Gasteiger partial charge on any atom is -0.383 e. The Morgan fingerprint density at radius 1 is 0.917 bits per heavy atom. The number of pyridine rings is 1. The molecule has 36 heavy (non-hydrogen) atoms. The quantitative estimate of drug-likeness (QED) is 0.194. The van der Waals surface area contributed by atoms with Crippen molar-refractivity contribution in [3.8, 4) is 22.3 Å². The topological polar surface area (TPSA) is 95.8 Å². The second-order valence-electron chi connectivity index (χ2n) is 8.36. The number of nitrogens with two attached hydrogens (primary N) is 1. The van der Waals surface area contributed by atoms with Crippen LogP contribution in [0, 0.1) is 0 Å². The molecule has 176 valence electrons. The summed E-state index contributed by atoms with van der Waals surface area (Å²) in [5, 5.41) is 10.4. The summed E-state index contributed by atoms with van der Waals surface area (Å²) in [6.07, 6.45) is 3.78. The Balaban J connectivity index is 1.28. The molecule has 6 nitrogen and oxygen atoms in total. The number of fused-ring (bicyclic) bond motifs is 2. The molecule has 5 N–H and O–H groups in total. The molecule has 3 aromatic heterocycles. The first-order valence-electron chi connectivity index (χ1n) is 11.2. The van der Waals surface area contributed by atoms with Gasteiger partial charge in [-0.25, -0.2) is 9.78 Å². The van der Waals surface area contributed by atoms with Crippen molar-refractivity contribution >= 4 is 67.2 Å². The highest BCUT2D eigenvalue weighted by molar-refractivity contribution is 7.18. The van der Waals surface area contributed by atoms with Crippen molar-refractivity contribution in [2.75, 3.05) is 16.4 Å². The number of nitrogen functional groups attached to an aromatic ring is 1. The first-order chi connectivity index (χ1) is 17.5. The molecule has 0 fully saturated rings. The zero-order valence-electron chi connectivity index (χ0n) is 18.9. The molecule has 0 atom stereocenters. The molecule has 8 heteroatoms. The fourth-order valence-corrected chi connectivity index (χ4v) is 5.61. The van der Waals surface area contributed by atoms with Gasteiger partial charge in [0.2, 0.25) is 0 Å². The third-order valence-corrected chi connectivity index (χ3v) is 7.27. The van der Waals surface area contributed by atoms with E-state index in [4.69, 9.17) is 17.3 Å². The molecule has 6 rings (SSSR count). The van der Waals surface area contributed by atoms with Gasteiger partial charge in [-0.3, -0.25) is 0 Å². The monoisotopic (exact) mass is 509 g/mol. The lowest BCUT2D eigenvalue weighted by Crippen LogP contribution is -2.19. The number of hydrogen-bond acceptors (Lipinski definition) is 4. The van der Waals surface area contributed by atoms with Crippen molar-refractivity contribution in [2.45, 2.75) is 0 Å². The van der Waals surface area contributed by atoms with Gasteiger partial charge in [-0.05, 0) is 70.4 Å². The van der Waals surface area contributed by atoms with Crippen LogP contribution in [0.3, 0.4) is 0 Å².